The second kappa shape index (κ2) is 8.13. The average Bonchev–Trinajstić information content (AvgIpc) is 3.22. The number of carbonyl (C=O) groups is 2. The molecule has 148 valence electrons. The number of thioether (sulfide) groups is 1. The van der Waals surface area contributed by atoms with Gasteiger partial charge < -0.3 is 15.0 Å². The molecule has 3 aromatic rings. The van der Waals surface area contributed by atoms with E-state index in [2.05, 4.69) is 10.3 Å². The Morgan fingerprint density at radius 2 is 2.00 bits per heavy atom. The van der Waals surface area contributed by atoms with Gasteiger partial charge in [0.25, 0.3) is 5.91 Å². The largest absolute Gasteiger partial charge is 0.481 e. The van der Waals surface area contributed by atoms with Gasteiger partial charge in [-0.3, -0.25) is 9.59 Å². The molecule has 0 unspecified atom stereocenters. The van der Waals surface area contributed by atoms with Crippen molar-refractivity contribution in [1.29, 1.82) is 0 Å². The Balaban J connectivity index is 1.59. The van der Waals surface area contributed by atoms with Crippen LogP contribution in [-0.4, -0.2) is 46.5 Å². The number of carbonyl (C=O) groups excluding carboxylic acids is 2. The molecular weight excluding hydrogens is 386 g/mol. The van der Waals surface area contributed by atoms with Gasteiger partial charge in [-0.15, -0.1) is 11.8 Å². The van der Waals surface area contributed by atoms with Crippen molar-refractivity contribution < 1.29 is 14.3 Å². The van der Waals surface area contributed by atoms with Crippen molar-refractivity contribution in [3.8, 4) is 5.88 Å². The van der Waals surface area contributed by atoms with Gasteiger partial charge >= 0.3 is 0 Å². The van der Waals surface area contributed by atoms with Gasteiger partial charge in [-0.25, -0.2) is 4.98 Å². The summed E-state index contributed by atoms with van der Waals surface area (Å²) in [5.41, 5.74) is 2.06. The summed E-state index contributed by atoms with van der Waals surface area (Å²) < 4.78 is 5.38. The van der Waals surface area contributed by atoms with Gasteiger partial charge in [-0.1, -0.05) is 30.3 Å². The van der Waals surface area contributed by atoms with Crippen LogP contribution >= 0.6 is 11.8 Å². The number of hydrogen-bond donors (Lipinski definition) is 1. The zero-order valence-electron chi connectivity index (χ0n) is 16.2. The SMILES string of the molecule is COc1nc(C(=O)N2CSC[C@H]2C(=O)Nc2cccc(C)c2)cc2ccccc12. The third kappa shape index (κ3) is 3.91. The zero-order chi connectivity index (χ0) is 20.4. The lowest BCUT2D eigenvalue weighted by Gasteiger charge is -2.23. The number of aryl methyl sites for hydroxylation is 1. The number of nitrogens with one attached hydrogen (secondary N) is 1. The van der Waals surface area contributed by atoms with Crippen LogP contribution in [0.3, 0.4) is 0 Å². The minimum absolute atomic E-state index is 0.193. The van der Waals surface area contributed by atoms with Crippen LogP contribution in [0.1, 0.15) is 16.1 Å². The molecule has 0 bridgehead atoms. The Labute approximate surface area is 173 Å². The Hall–Kier alpha value is -3.06. The highest BCUT2D eigenvalue weighted by Crippen LogP contribution is 2.28. The van der Waals surface area contributed by atoms with Crippen molar-refractivity contribution >= 4 is 40.0 Å². The molecular formula is C22H21N3O3S. The number of benzene rings is 2. The molecule has 29 heavy (non-hydrogen) atoms. The van der Waals surface area contributed by atoms with E-state index < -0.39 is 6.04 Å². The minimum Gasteiger partial charge on any atom is -0.481 e. The number of amides is 2. The third-order valence-electron chi connectivity index (χ3n) is 4.85. The highest BCUT2D eigenvalue weighted by molar-refractivity contribution is 7.99. The normalized spacial score (nSPS) is 16.1. The molecule has 4 rings (SSSR count). The molecule has 0 radical (unpaired) electrons. The van der Waals surface area contributed by atoms with Crippen LogP contribution < -0.4 is 10.1 Å². The highest BCUT2D eigenvalue weighted by atomic mass is 32.2. The van der Waals surface area contributed by atoms with Crippen molar-refractivity contribution in [2.75, 3.05) is 24.1 Å². The first-order chi connectivity index (χ1) is 14.1. The molecule has 7 heteroatoms. The summed E-state index contributed by atoms with van der Waals surface area (Å²) >= 11 is 1.55. The first-order valence-electron chi connectivity index (χ1n) is 9.27. The van der Waals surface area contributed by atoms with Gasteiger partial charge in [0.2, 0.25) is 11.8 Å². The average molecular weight is 407 g/mol. The highest BCUT2D eigenvalue weighted by Gasteiger charge is 2.36. The van der Waals surface area contributed by atoms with Crippen LogP contribution in [0.2, 0.25) is 0 Å². The van der Waals surface area contributed by atoms with E-state index in [1.807, 2.05) is 55.5 Å². The smallest absolute Gasteiger partial charge is 0.274 e. The zero-order valence-corrected chi connectivity index (χ0v) is 17.0. The maximum absolute atomic E-state index is 13.2. The molecule has 0 spiro atoms. The van der Waals surface area contributed by atoms with Crippen molar-refractivity contribution in [3.63, 3.8) is 0 Å². The number of anilines is 1. The predicted octanol–water partition coefficient (Wildman–Crippen LogP) is 3.71. The lowest BCUT2D eigenvalue weighted by Crippen LogP contribution is -2.44. The number of hydrogen-bond acceptors (Lipinski definition) is 5. The molecule has 1 aliphatic heterocycles. The van der Waals surface area contributed by atoms with Crippen molar-refractivity contribution in [2.24, 2.45) is 0 Å². The minimum atomic E-state index is -0.549. The molecule has 1 saturated heterocycles. The molecule has 0 aliphatic carbocycles. The first kappa shape index (κ1) is 19.3. The Kier molecular flexibility index (Phi) is 5.40. The van der Waals surface area contributed by atoms with E-state index in [0.717, 1.165) is 22.0 Å². The van der Waals surface area contributed by atoms with Crippen LogP contribution in [0.15, 0.2) is 54.6 Å². The summed E-state index contributed by atoms with van der Waals surface area (Å²) in [7, 11) is 1.53. The summed E-state index contributed by atoms with van der Waals surface area (Å²) in [5, 5.41) is 4.64. The van der Waals surface area contributed by atoms with Gasteiger partial charge in [0.05, 0.1) is 13.0 Å². The van der Waals surface area contributed by atoms with Crippen molar-refractivity contribution in [1.82, 2.24) is 9.88 Å². The van der Waals surface area contributed by atoms with Crippen molar-refractivity contribution in [2.45, 2.75) is 13.0 Å². The number of methoxy groups -OCH3 is 1. The maximum atomic E-state index is 13.2. The van der Waals surface area contributed by atoms with E-state index in [-0.39, 0.29) is 17.5 Å². The molecule has 1 aliphatic rings. The Morgan fingerprint density at radius 3 is 2.79 bits per heavy atom. The summed E-state index contributed by atoms with van der Waals surface area (Å²) in [6.45, 7) is 1.97. The van der Waals surface area contributed by atoms with Crippen LogP contribution in [0, 0.1) is 6.92 Å². The molecule has 1 fully saturated rings. The maximum Gasteiger partial charge on any atom is 0.274 e. The molecule has 1 atom stereocenters. The summed E-state index contributed by atoms with van der Waals surface area (Å²) in [5.74, 6) is 0.930. The fourth-order valence-electron chi connectivity index (χ4n) is 3.39. The van der Waals surface area contributed by atoms with E-state index in [0.29, 0.717) is 17.5 Å². The predicted molar refractivity (Wildman–Crippen MR) is 115 cm³/mol. The van der Waals surface area contributed by atoms with E-state index >= 15 is 0 Å². The summed E-state index contributed by atoms with van der Waals surface area (Å²) in [4.78, 5) is 32.0. The molecule has 6 nitrogen and oxygen atoms in total. The Morgan fingerprint density at radius 1 is 1.17 bits per heavy atom. The molecule has 2 heterocycles. The second-order valence-electron chi connectivity index (χ2n) is 6.89. The monoisotopic (exact) mass is 407 g/mol. The van der Waals surface area contributed by atoms with Crippen molar-refractivity contribution in [3.05, 3.63) is 65.9 Å². The fraction of sp³-hybridized carbons (Fsp3) is 0.227. The van der Waals surface area contributed by atoms with E-state index in [9.17, 15) is 9.59 Å². The van der Waals surface area contributed by atoms with E-state index in [1.54, 1.807) is 22.7 Å². The number of fused-ring (bicyclic) bond motifs is 1. The van der Waals surface area contributed by atoms with Gasteiger partial charge in [0, 0.05) is 16.8 Å². The third-order valence-corrected chi connectivity index (χ3v) is 5.86. The molecule has 1 aromatic heterocycles. The van der Waals surface area contributed by atoms with E-state index in [1.165, 1.54) is 7.11 Å². The van der Waals surface area contributed by atoms with Crippen LogP contribution in [0.5, 0.6) is 5.88 Å². The molecule has 0 saturated carbocycles. The van der Waals surface area contributed by atoms with E-state index in [4.69, 9.17) is 4.74 Å². The number of rotatable bonds is 4. The fourth-order valence-corrected chi connectivity index (χ4v) is 4.54. The standard InChI is InChI=1S/C22H21N3O3S/c1-14-6-5-8-16(10-14)23-20(26)19-12-29-13-25(19)22(27)18-11-15-7-3-4-9-17(15)21(24-18)28-2/h3-11,19H,12-13H2,1-2H3,(H,23,26)/t19-/m0/s1. The summed E-state index contributed by atoms with van der Waals surface area (Å²) in [6.07, 6.45) is 0. The molecule has 2 aromatic carbocycles. The number of aromatic nitrogens is 1. The lowest BCUT2D eigenvalue weighted by molar-refractivity contribution is -0.119. The number of nitrogens with zero attached hydrogens (tertiary/aromatic N) is 2. The second-order valence-corrected chi connectivity index (χ2v) is 7.89. The van der Waals surface area contributed by atoms with Crippen LogP contribution in [0.4, 0.5) is 5.69 Å². The van der Waals surface area contributed by atoms with Gasteiger partial charge in [0.1, 0.15) is 11.7 Å². The van der Waals surface area contributed by atoms with Gasteiger partial charge in [-0.2, -0.15) is 0 Å². The topological polar surface area (TPSA) is 71.5 Å². The number of ether oxygens (including phenoxy) is 1. The quantitative estimate of drug-likeness (QED) is 0.714. The molecule has 1 N–H and O–H groups in total. The summed E-state index contributed by atoms with van der Waals surface area (Å²) in [6, 6.07) is 16.4. The number of pyridine rings is 1. The van der Waals surface area contributed by atoms with Gasteiger partial charge in [-0.05, 0) is 42.1 Å². The Bertz CT molecular complexity index is 1090. The van der Waals surface area contributed by atoms with Crippen LogP contribution in [0.25, 0.3) is 10.8 Å². The first-order valence-corrected chi connectivity index (χ1v) is 10.4. The van der Waals surface area contributed by atoms with Crippen LogP contribution in [-0.2, 0) is 4.79 Å². The lowest BCUT2D eigenvalue weighted by atomic mass is 10.1. The molecule has 2 amide bonds. The van der Waals surface area contributed by atoms with Gasteiger partial charge in [0.15, 0.2) is 0 Å².